The molecular formula is C14H34N2O2. The van der Waals surface area contributed by atoms with Gasteiger partial charge < -0.3 is 14.5 Å². The van der Waals surface area contributed by atoms with Crippen molar-refractivity contribution in [2.45, 2.75) is 46.6 Å². The second-order valence-electron chi connectivity index (χ2n) is 3.92. The van der Waals surface area contributed by atoms with Gasteiger partial charge in [-0.15, -0.1) is 0 Å². The zero-order valence-electron chi connectivity index (χ0n) is 13.7. The lowest BCUT2D eigenvalue weighted by Crippen LogP contribution is -2.35. The summed E-state index contributed by atoms with van der Waals surface area (Å²) >= 11 is 0. The van der Waals surface area contributed by atoms with Crippen molar-refractivity contribution in [2.24, 2.45) is 0 Å². The number of carbonyl (C=O) groups is 1. The van der Waals surface area contributed by atoms with Crippen molar-refractivity contribution >= 4 is 6.41 Å². The van der Waals surface area contributed by atoms with E-state index in [-0.39, 0.29) is 0 Å². The molecule has 1 saturated heterocycles. The summed E-state index contributed by atoms with van der Waals surface area (Å²) in [5.74, 6) is 0. The first kappa shape index (κ1) is 22.6. The highest BCUT2D eigenvalue weighted by Crippen LogP contribution is 2.10. The van der Waals surface area contributed by atoms with Crippen LogP contribution < -0.4 is 0 Å². The molecular weight excluding hydrogens is 228 g/mol. The van der Waals surface area contributed by atoms with Gasteiger partial charge in [0.25, 0.3) is 0 Å². The average molecular weight is 262 g/mol. The predicted octanol–water partition coefficient (Wildman–Crippen LogP) is 2.48. The highest BCUT2D eigenvalue weighted by atomic mass is 16.5. The maximum absolute atomic E-state index is 10.2. The van der Waals surface area contributed by atoms with Crippen LogP contribution in [-0.4, -0.2) is 63.7 Å². The number of nitrogens with zero attached hydrogens (tertiary/aromatic N) is 2. The van der Waals surface area contributed by atoms with Crippen LogP contribution in [0.25, 0.3) is 0 Å². The summed E-state index contributed by atoms with van der Waals surface area (Å²) in [4.78, 5) is 14.0. The SMILES string of the molecule is CC.CC.CN(C)C.COC1CCN(C=O)CC1. The Balaban J connectivity index is -0.000000238. The molecule has 1 amide bonds. The molecule has 1 aliphatic heterocycles. The molecule has 1 fully saturated rings. The summed E-state index contributed by atoms with van der Waals surface area (Å²) < 4.78 is 5.14. The summed E-state index contributed by atoms with van der Waals surface area (Å²) in [5, 5.41) is 0. The normalized spacial score (nSPS) is 14.4. The predicted molar refractivity (Wildman–Crippen MR) is 80.0 cm³/mol. The minimum absolute atomic E-state index is 0.371. The number of rotatable bonds is 2. The third kappa shape index (κ3) is 17.8. The smallest absolute Gasteiger partial charge is 0.209 e. The summed E-state index contributed by atoms with van der Waals surface area (Å²) in [6.45, 7) is 9.70. The zero-order chi connectivity index (χ0) is 15.0. The van der Waals surface area contributed by atoms with Crippen LogP contribution in [0, 0.1) is 0 Å². The Kier molecular flexibility index (Phi) is 23.5. The lowest BCUT2D eigenvalue weighted by Gasteiger charge is -2.27. The van der Waals surface area contributed by atoms with E-state index >= 15 is 0 Å². The third-order valence-corrected chi connectivity index (χ3v) is 1.96. The summed E-state index contributed by atoms with van der Waals surface area (Å²) in [5.41, 5.74) is 0. The van der Waals surface area contributed by atoms with Crippen molar-refractivity contribution in [1.82, 2.24) is 9.80 Å². The van der Waals surface area contributed by atoms with E-state index in [1.807, 2.05) is 53.7 Å². The highest BCUT2D eigenvalue weighted by Gasteiger charge is 2.16. The van der Waals surface area contributed by atoms with Gasteiger partial charge in [0.2, 0.25) is 6.41 Å². The standard InChI is InChI=1S/C7H13NO2.C3H9N.2C2H6/c1-10-7-2-4-8(6-9)5-3-7;1-4(2)3;2*1-2/h6-7H,2-5H2,1H3;1-3H3;2*1-2H3. The number of likely N-dealkylation sites (tertiary alicyclic amines) is 1. The number of piperidine rings is 1. The highest BCUT2D eigenvalue weighted by molar-refractivity contribution is 5.47. The third-order valence-electron chi connectivity index (χ3n) is 1.96. The summed E-state index contributed by atoms with van der Waals surface area (Å²) in [6.07, 6.45) is 3.24. The lowest BCUT2D eigenvalue weighted by molar-refractivity contribution is -0.120. The Bertz CT molecular complexity index is 142. The van der Waals surface area contributed by atoms with Gasteiger partial charge in [-0.25, -0.2) is 0 Å². The van der Waals surface area contributed by atoms with Crippen molar-refractivity contribution in [3.8, 4) is 0 Å². The first-order valence-electron chi connectivity index (χ1n) is 6.93. The van der Waals surface area contributed by atoms with E-state index in [2.05, 4.69) is 0 Å². The van der Waals surface area contributed by atoms with Crippen molar-refractivity contribution < 1.29 is 9.53 Å². The Morgan fingerprint density at radius 2 is 1.39 bits per heavy atom. The topological polar surface area (TPSA) is 32.8 Å². The van der Waals surface area contributed by atoms with E-state index in [1.165, 1.54) is 0 Å². The van der Waals surface area contributed by atoms with Gasteiger partial charge in [0.15, 0.2) is 0 Å². The lowest BCUT2D eigenvalue weighted by atomic mass is 10.1. The van der Waals surface area contributed by atoms with E-state index in [4.69, 9.17) is 4.74 Å². The van der Waals surface area contributed by atoms with Crippen LogP contribution in [0.3, 0.4) is 0 Å². The van der Waals surface area contributed by atoms with Crippen LogP contribution in [0.2, 0.25) is 0 Å². The molecule has 0 aromatic heterocycles. The van der Waals surface area contributed by atoms with Gasteiger partial charge in [-0.05, 0) is 34.0 Å². The molecule has 1 heterocycles. The molecule has 0 unspecified atom stereocenters. The van der Waals surface area contributed by atoms with Crippen LogP contribution in [0.5, 0.6) is 0 Å². The van der Waals surface area contributed by atoms with Crippen molar-refractivity contribution in [2.75, 3.05) is 41.3 Å². The van der Waals surface area contributed by atoms with Crippen LogP contribution in [0.15, 0.2) is 0 Å². The molecule has 18 heavy (non-hydrogen) atoms. The van der Waals surface area contributed by atoms with Crippen LogP contribution >= 0.6 is 0 Å². The fraction of sp³-hybridized carbons (Fsp3) is 0.929. The summed E-state index contributed by atoms with van der Waals surface area (Å²) in [7, 11) is 7.72. The number of ether oxygens (including phenoxy) is 1. The van der Waals surface area contributed by atoms with Crippen molar-refractivity contribution in [3.05, 3.63) is 0 Å². The number of amides is 1. The van der Waals surface area contributed by atoms with Gasteiger partial charge in [0, 0.05) is 20.2 Å². The maximum Gasteiger partial charge on any atom is 0.209 e. The largest absolute Gasteiger partial charge is 0.381 e. The molecule has 0 atom stereocenters. The fourth-order valence-corrected chi connectivity index (χ4v) is 1.22. The molecule has 0 aromatic rings. The molecule has 0 aliphatic carbocycles. The van der Waals surface area contributed by atoms with Gasteiger partial charge >= 0.3 is 0 Å². The first-order valence-corrected chi connectivity index (χ1v) is 6.93. The van der Waals surface area contributed by atoms with Crippen molar-refractivity contribution in [1.29, 1.82) is 0 Å². The van der Waals surface area contributed by atoms with Crippen LogP contribution in [-0.2, 0) is 9.53 Å². The summed E-state index contributed by atoms with van der Waals surface area (Å²) in [6, 6.07) is 0. The van der Waals surface area contributed by atoms with Gasteiger partial charge in [-0.3, -0.25) is 4.79 Å². The second-order valence-corrected chi connectivity index (χ2v) is 3.92. The molecule has 4 nitrogen and oxygen atoms in total. The molecule has 0 saturated carbocycles. The molecule has 0 aromatic carbocycles. The Morgan fingerprint density at radius 3 is 1.61 bits per heavy atom. The van der Waals surface area contributed by atoms with Crippen molar-refractivity contribution in [3.63, 3.8) is 0 Å². The molecule has 1 rings (SSSR count). The number of methoxy groups -OCH3 is 1. The number of hydrogen-bond donors (Lipinski definition) is 0. The van der Waals surface area contributed by atoms with Crippen LogP contribution in [0.1, 0.15) is 40.5 Å². The molecule has 1 aliphatic rings. The Morgan fingerprint density at radius 1 is 1.06 bits per heavy atom. The minimum Gasteiger partial charge on any atom is -0.381 e. The van der Waals surface area contributed by atoms with Gasteiger partial charge in [0.05, 0.1) is 6.10 Å². The zero-order valence-corrected chi connectivity index (χ0v) is 13.7. The molecule has 0 N–H and O–H groups in total. The Labute approximate surface area is 114 Å². The van der Waals surface area contributed by atoms with E-state index in [9.17, 15) is 4.79 Å². The molecule has 112 valence electrons. The van der Waals surface area contributed by atoms with E-state index < -0.39 is 0 Å². The van der Waals surface area contributed by atoms with Crippen LogP contribution in [0.4, 0.5) is 0 Å². The molecule has 4 heteroatoms. The van der Waals surface area contributed by atoms with E-state index in [0.717, 1.165) is 32.3 Å². The maximum atomic E-state index is 10.2. The van der Waals surface area contributed by atoms with Gasteiger partial charge in [-0.1, -0.05) is 27.7 Å². The fourth-order valence-electron chi connectivity index (χ4n) is 1.22. The van der Waals surface area contributed by atoms with E-state index in [0.29, 0.717) is 6.10 Å². The molecule has 0 spiro atoms. The monoisotopic (exact) mass is 262 g/mol. The van der Waals surface area contributed by atoms with Gasteiger partial charge in [-0.2, -0.15) is 0 Å². The average Bonchev–Trinajstić information content (AvgIpc) is 2.43. The number of carbonyl (C=O) groups excluding carboxylic acids is 1. The molecule has 0 radical (unpaired) electrons. The first-order chi connectivity index (χ1) is 8.60. The Hall–Kier alpha value is -0.610. The minimum atomic E-state index is 0.371. The molecule has 0 bridgehead atoms. The quantitative estimate of drug-likeness (QED) is 0.717. The second kappa shape index (κ2) is 18.7. The number of hydrogen-bond acceptors (Lipinski definition) is 3. The van der Waals surface area contributed by atoms with E-state index in [1.54, 1.807) is 12.0 Å². The van der Waals surface area contributed by atoms with Gasteiger partial charge in [0.1, 0.15) is 0 Å².